The van der Waals surface area contributed by atoms with Crippen LogP contribution in [0.1, 0.15) is 11.1 Å². The lowest BCUT2D eigenvalue weighted by Gasteiger charge is -2.27. The zero-order valence-corrected chi connectivity index (χ0v) is 21.8. The molecule has 0 unspecified atom stereocenters. The Kier molecular flexibility index (Phi) is 7.69. The van der Waals surface area contributed by atoms with Crippen LogP contribution in [0.15, 0.2) is 36.4 Å². The molecule has 0 saturated heterocycles. The van der Waals surface area contributed by atoms with Gasteiger partial charge in [-0.3, -0.25) is 4.79 Å². The van der Waals surface area contributed by atoms with Crippen LogP contribution in [0, 0.1) is 0 Å². The quantitative estimate of drug-likeness (QED) is 0.425. The molecule has 0 fully saturated rings. The van der Waals surface area contributed by atoms with Crippen LogP contribution in [0.5, 0.6) is 23.0 Å². The van der Waals surface area contributed by atoms with Gasteiger partial charge in [-0.25, -0.2) is 4.98 Å². The number of ether oxygens (including phenoxy) is 4. The van der Waals surface area contributed by atoms with E-state index in [9.17, 15) is 4.79 Å². The summed E-state index contributed by atoms with van der Waals surface area (Å²) in [5, 5.41) is 0.939. The summed E-state index contributed by atoms with van der Waals surface area (Å²) in [7, 11) is 11.1. The molecular weight excluding hydrogens is 460 g/mol. The van der Waals surface area contributed by atoms with Gasteiger partial charge in [0, 0.05) is 56.3 Å². The van der Waals surface area contributed by atoms with Crippen LogP contribution < -0.4 is 23.8 Å². The van der Waals surface area contributed by atoms with Crippen molar-refractivity contribution in [1.29, 1.82) is 0 Å². The minimum absolute atomic E-state index is 0.00103. The fourth-order valence-electron chi connectivity index (χ4n) is 4.21. The fourth-order valence-corrected chi connectivity index (χ4v) is 4.21. The third-order valence-corrected chi connectivity index (χ3v) is 6.15. The lowest BCUT2D eigenvalue weighted by Crippen LogP contribution is -2.37. The Bertz CT molecular complexity index is 1240. The number of benzene rings is 2. The van der Waals surface area contributed by atoms with Crippen molar-refractivity contribution in [2.75, 3.05) is 67.2 Å². The van der Waals surface area contributed by atoms with E-state index in [4.69, 9.17) is 23.9 Å². The second-order valence-electron chi connectivity index (χ2n) is 9.24. The number of hydrogen-bond acceptors (Lipinski definition) is 8. The number of nitrogens with zero attached hydrogens (tertiary/aromatic N) is 4. The average Bonchev–Trinajstić information content (AvgIpc) is 3.31. The summed E-state index contributed by atoms with van der Waals surface area (Å²) < 4.78 is 22.0. The first-order valence-electron chi connectivity index (χ1n) is 11.8. The molecule has 0 N–H and O–H groups in total. The number of rotatable bonds is 10. The van der Waals surface area contributed by atoms with Crippen molar-refractivity contribution in [3.05, 3.63) is 47.5 Å². The number of aromatic nitrogens is 1. The van der Waals surface area contributed by atoms with Crippen molar-refractivity contribution in [3.8, 4) is 23.0 Å². The molecule has 36 heavy (non-hydrogen) atoms. The standard InChI is InChI=1S/C27H34N4O5/c1-29(2)9-10-31(26(32)14-19-12-21(33-5)7-8-23(19)34-6)16-20-11-18-13-24-25(36-17-35-24)15-22(18)28-27(20)30(3)4/h7-8,11-13,15H,9-10,14,16-17H2,1-6H3. The van der Waals surface area contributed by atoms with Crippen molar-refractivity contribution < 1.29 is 23.7 Å². The van der Waals surface area contributed by atoms with Gasteiger partial charge in [-0.15, -0.1) is 0 Å². The van der Waals surface area contributed by atoms with Gasteiger partial charge in [0.05, 0.1) is 26.2 Å². The van der Waals surface area contributed by atoms with E-state index in [-0.39, 0.29) is 19.1 Å². The van der Waals surface area contributed by atoms with Gasteiger partial charge in [0.2, 0.25) is 12.7 Å². The van der Waals surface area contributed by atoms with E-state index in [0.29, 0.717) is 36.1 Å². The second kappa shape index (κ2) is 10.9. The van der Waals surface area contributed by atoms with Crippen LogP contribution in [0.3, 0.4) is 0 Å². The lowest BCUT2D eigenvalue weighted by molar-refractivity contribution is -0.131. The number of carbonyl (C=O) groups excluding carboxylic acids is 1. The molecule has 0 spiro atoms. The van der Waals surface area contributed by atoms with E-state index in [1.54, 1.807) is 14.2 Å². The van der Waals surface area contributed by atoms with E-state index in [1.807, 2.05) is 68.3 Å². The van der Waals surface area contributed by atoms with E-state index in [2.05, 4.69) is 11.0 Å². The molecule has 0 radical (unpaired) electrons. The third kappa shape index (κ3) is 5.57. The Hall–Kier alpha value is -3.72. The van der Waals surface area contributed by atoms with Crippen molar-refractivity contribution in [2.24, 2.45) is 0 Å². The largest absolute Gasteiger partial charge is 0.497 e. The number of methoxy groups -OCH3 is 2. The van der Waals surface area contributed by atoms with E-state index >= 15 is 0 Å². The molecule has 0 bridgehead atoms. The summed E-state index contributed by atoms with van der Waals surface area (Å²) in [6.45, 7) is 1.94. The highest BCUT2D eigenvalue weighted by Crippen LogP contribution is 2.37. The SMILES string of the molecule is COc1ccc(OC)c(CC(=O)N(CCN(C)C)Cc2cc3cc4c(cc3nc2N(C)C)OCO4)c1. The lowest BCUT2D eigenvalue weighted by atomic mass is 10.1. The fraction of sp³-hybridized carbons (Fsp3) is 0.407. The van der Waals surface area contributed by atoms with Crippen LogP contribution >= 0.6 is 0 Å². The predicted molar refractivity (Wildman–Crippen MR) is 139 cm³/mol. The monoisotopic (exact) mass is 494 g/mol. The molecule has 9 nitrogen and oxygen atoms in total. The Morgan fingerprint density at radius 3 is 2.36 bits per heavy atom. The van der Waals surface area contributed by atoms with Gasteiger partial charge in [-0.1, -0.05) is 0 Å². The minimum Gasteiger partial charge on any atom is -0.497 e. The van der Waals surface area contributed by atoms with Gasteiger partial charge in [0.15, 0.2) is 11.5 Å². The molecule has 0 aliphatic carbocycles. The highest BCUT2D eigenvalue weighted by Gasteiger charge is 2.22. The van der Waals surface area contributed by atoms with Crippen LogP contribution in [0.25, 0.3) is 10.9 Å². The van der Waals surface area contributed by atoms with Gasteiger partial charge in [-0.05, 0) is 44.4 Å². The average molecular weight is 495 g/mol. The number of likely N-dealkylation sites (N-methyl/N-ethyl adjacent to an activating group) is 1. The first-order valence-corrected chi connectivity index (χ1v) is 11.8. The number of hydrogen-bond donors (Lipinski definition) is 0. The van der Waals surface area contributed by atoms with Gasteiger partial charge >= 0.3 is 0 Å². The molecule has 4 rings (SSSR count). The van der Waals surface area contributed by atoms with Crippen LogP contribution in [0.4, 0.5) is 5.82 Å². The molecule has 3 aromatic rings. The molecule has 1 aromatic heterocycles. The first kappa shape index (κ1) is 25.4. The molecule has 192 valence electrons. The van der Waals surface area contributed by atoms with Crippen LogP contribution in [0.2, 0.25) is 0 Å². The summed E-state index contributed by atoms with van der Waals surface area (Å²) in [6.07, 6.45) is 0.199. The summed E-state index contributed by atoms with van der Waals surface area (Å²) in [5.41, 5.74) is 2.56. The van der Waals surface area contributed by atoms with Crippen molar-refractivity contribution in [1.82, 2.24) is 14.8 Å². The third-order valence-electron chi connectivity index (χ3n) is 6.15. The molecule has 2 aromatic carbocycles. The normalized spacial score (nSPS) is 12.2. The van der Waals surface area contributed by atoms with Crippen LogP contribution in [-0.2, 0) is 17.8 Å². The molecule has 1 amide bonds. The predicted octanol–water partition coefficient (Wildman–Crippen LogP) is 3.18. The van der Waals surface area contributed by atoms with Crippen LogP contribution in [-0.4, -0.2) is 83.0 Å². The number of pyridine rings is 1. The second-order valence-corrected chi connectivity index (χ2v) is 9.24. The molecular formula is C27H34N4O5. The minimum atomic E-state index is -0.00103. The topological polar surface area (TPSA) is 76.6 Å². The smallest absolute Gasteiger partial charge is 0.231 e. The summed E-state index contributed by atoms with van der Waals surface area (Å²) in [5.74, 6) is 3.56. The molecule has 1 aliphatic heterocycles. The van der Waals surface area contributed by atoms with Gasteiger partial charge in [0.25, 0.3) is 0 Å². The first-order chi connectivity index (χ1) is 17.3. The molecule has 0 atom stereocenters. The maximum Gasteiger partial charge on any atom is 0.231 e. The van der Waals surface area contributed by atoms with Gasteiger partial charge in [0.1, 0.15) is 17.3 Å². The number of anilines is 1. The van der Waals surface area contributed by atoms with Crippen molar-refractivity contribution in [2.45, 2.75) is 13.0 Å². The Labute approximate surface area is 212 Å². The molecule has 2 heterocycles. The maximum absolute atomic E-state index is 13.6. The zero-order chi connectivity index (χ0) is 25.8. The van der Waals surface area contributed by atoms with E-state index in [0.717, 1.165) is 34.4 Å². The zero-order valence-electron chi connectivity index (χ0n) is 21.8. The molecule has 9 heteroatoms. The Balaban J connectivity index is 1.67. The van der Waals surface area contributed by atoms with E-state index in [1.165, 1.54) is 0 Å². The van der Waals surface area contributed by atoms with Gasteiger partial charge < -0.3 is 33.6 Å². The number of carbonyl (C=O) groups is 1. The summed E-state index contributed by atoms with van der Waals surface area (Å²) in [4.78, 5) is 24.5. The van der Waals surface area contributed by atoms with Gasteiger partial charge in [-0.2, -0.15) is 0 Å². The van der Waals surface area contributed by atoms with Crippen molar-refractivity contribution >= 4 is 22.6 Å². The molecule has 1 aliphatic rings. The molecule has 0 saturated carbocycles. The van der Waals surface area contributed by atoms with Crippen molar-refractivity contribution in [3.63, 3.8) is 0 Å². The highest BCUT2D eigenvalue weighted by molar-refractivity contribution is 5.86. The summed E-state index contributed by atoms with van der Waals surface area (Å²) in [6, 6.07) is 11.4. The maximum atomic E-state index is 13.6. The highest BCUT2D eigenvalue weighted by atomic mass is 16.7. The number of amides is 1. The Morgan fingerprint density at radius 1 is 0.944 bits per heavy atom. The van der Waals surface area contributed by atoms with E-state index < -0.39 is 0 Å². The summed E-state index contributed by atoms with van der Waals surface area (Å²) >= 11 is 0. The Morgan fingerprint density at radius 2 is 1.69 bits per heavy atom. The number of fused-ring (bicyclic) bond motifs is 2.